The van der Waals surface area contributed by atoms with E-state index in [4.69, 9.17) is 0 Å². The molecule has 0 fully saturated rings. The lowest BCUT2D eigenvalue weighted by atomic mass is 9.73. The van der Waals surface area contributed by atoms with E-state index in [2.05, 4.69) is 134 Å². The van der Waals surface area contributed by atoms with E-state index in [1.165, 1.54) is 60.5 Å². The Bertz CT molecular complexity index is 1790. The Hall–Kier alpha value is -4.23. The summed E-state index contributed by atoms with van der Waals surface area (Å²) in [6, 6.07) is 40.4. The third-order valence-corrected chi connectivity index (χ3v) is 8.68. The third kappa shape index (κ3) is 3.27. The minimum atomic E-state index is 0.102. The first kappa shape index (κ1) is 22.0. The molecule has 0 amide bonds. The van der Waals surface area contributed by atoms with Gasteiger partial charge in [0.05, 0.1) is 0 Å². The van der Waals surface area contributed by atoms with Crippen LogP contribution in [-0.2, 0) is 5.41 Å². The summed E-state index contributed by atoms with van der Waals surface area (Å²) in [7, 11) is 0. The van der Waals surface area contributed by atoms with Crippen molar-refractivity contribution in [2.24, 2.45) is 0 Å². The summed E-state index contributed by atoms with van der Waals surface area (Å²) in [5, 5.41) is 5.08. The zero-order valence-electron chi connectivity index (χ0n) is 21.4. The second-order valence-electron chi connectivity index (χ2n) is 10.3. The van der Waals surface area contributed by atoms with E-state index in [1.54, 1.807) is 0 Å². The summed E-state index contributed by atoms with van der Waals surface area (Å²) in [5.74, 6) is 0. The number of pyridine rings is 1. The van der Waals surface area contributed by atoms with Gasteiger partial charge < -0.3 is 0 Å². The Balaban J connectivity index is 1.28. The molecule has 1 N–H and O–H groups in total. The third-order valence-electron chi connectivity index (χ3n) is 8.68. The van der Waals surface area contributed by atoms with Crippen LogP contribution in [0.25, 0.3) is 55.1 Å². The van der Waals surface area contributed by atoms with Gasteiger partial charge in [-0.25, -0.2) is 4.98 Å². The number of nitrogens with one attached hydrogen (secondary N) is 1. The van der Waals surface area contributed by atoms with Crippen molar-refractivity contribution in [2.45, 2.75) is 32.1 Å². The van der Waals surface area contributed by atoms with Crippen molar-refractivity contribution in [3.63, 3.8) is 0 Å². The number of hydrogen-bond acceptors (Lipinski definition) is 0. The molecule has 0 saturated heterocycles. The van der Waals surface area contributed by atoms with Crippen molar-refractivity contribution in [1.82, 2.24) is 0 Å². The van der Waals surface area contributed by atoms with Crippen molar-refractivity contribution >= 4 is 21.5 Å². The van der Waals surface area contributed by atoms with Gasteiger partial charge in [0.1, 0.15) is 0 Å². The summed E-state index contributed by atoms with van der Waals surface area (Å²) in [6.07, 6.45) is 4.35. The highest BCUT2D eigenvalue weighted by atomic mass is 14.7. The molecule has 0 spiro atoms. The van der Waals surface area contributed by atoms with Gasteiger partial charge in [-0.05, 0) is 81.3 Å². The van der Waals surface area contributed by atoms with Crippen molar-refractivity contribution in [3.05, 3.63) is 127 Å². The van der Waals surface area contributed by atoms with E-state index in [9.17, 15) is 0 Å². The SMILES string of the molecule is CCC1(CC)c2ccccc2-c2ccc(-c3ccc(-c4cc5c(ccc6ccccc65)c[nH+]4)cc3)cc21. The minimum absolute atomic E-state index is 0.102. The first-order valence-corrected chi connectivity index (χ1v) is 13.4. The highest BCUT2D eigenvalue weighted by molar-refractivity contribution is 6.07. The average Bonchev–Trinajstić information content (AvgIpc) is 3.26. The molecular formula is C36H30N+. The predicted molar refractivity (Wildman–Crippen MR) is 156 cm³/mol. The van der Waals surface area contributed by atoms with Crippen molar-refractivity contribution < 1.29 is 4.98 Å². The van der Waals surface area contributed by atoms with Gasteiger partial charge in [-0.15, -0.1) is 0 Å². The topological polar surface area (TPSA) is 14.1 Å². The molecule has 1 heteroatoms. The predicted octanol–water partition coefficient (Wildman–Crippen LogP) is 9.23. The van der Waals surface area contributed by atoms with E-state index < -0.39 is 0 Å². The number of rotatable bonds is 4. The molecule has 178 valence electrons. The lowest BCUT2D eigenvalue weighted by molar-refractivity contribution is -0.362. The maximum Gasteiger partial charge on any atom is 0.211 e. The number of aromatic amines is 1. The highest BCUT2D eigenvalue weighted by Crippen LogP contribution is 2.53. The van der Waals surface area contributed by atoms with Crippen molar-refractivity contribution in [3.8, 4) is 33.5 Å². The summed E-state index contributed by atoms with van der Waals surface area (Å²) in [4.78, 5) is 3.52. The van der Waals surface area contributed by atoms with E-state index in [1.807, 2.05) is 0 Å². The fourth-order valence-electron chi connectivity index (χ4n) is 6.60. The van der Waals surface area contributed by atoms with Crippen LogP contribution in [0.2, 0.25) is 0 Å². The van der Waals surface area contributed by atoms with E-state index in [0.717, 1.165) is 18.5 Å². The van der Waals surface area contributed by atoms with Crippen LogP contribution in [0.15, 0.2) is 115 Å². The lowest BCUT2D eigenvalue weighted by Gasteiger charge is -2.30. The number of aromatic nitrogens is 1. The summed E-state index contributed by atoms with van der Waals surface area (Å²) < 4.78 is 0. The Morgan fingerprint density at radius 1 is 0.541 bits per heavy atom. The number of hydrogen-bond donors (Lipinski definition) is 0. The standard InChI is InChI=1S/C36H29N/c1-3-36(4-2)33-12-8-7-11-30(33)31-20-19-27(21-34(31)36)24-13-16-26(17-14-24)35-22-32-28(23-37-35)18-15-25-9-5-6-10-29(25)32/h5-23H,3-4H2,1-2H3/p+1. The van der Waals surface area contributed by atoms with Gasteiger partial charge in [-0.3, -0.25) is 0 Å². The molecule has 1 aromatic heterocycles. The van der Waals surface area contributed by atoms with Gasteiger partial charge >= 0.3 is 0 Å². The highest BCUT2D eigenvalue weighted by Gasteiger charge is 2.40. The molecule has 1 nitrogen and oxygen atoms in total. The van der Waals surface area contributed by atoms with Gasteiger partial charge in [-0.1, -0.05) is 92.7 Å². The first-order chi connectivity index (χ1) is 18.2. The van der Waals surface area contributed by atoms with Crippen LogP contribution < -0.4 is 4.98 Å². The molecule has 5 aromatic carbocycles. The molecule has 0 bridgehead atoms. The Labute approximate surface area is 218 Å². The van der Waals surface area contributed by atoms with Gasteiger partial charge in [0.2, 0.25) is 5.69 Å². The van der Waals surface area contributed by atoms with Crippen LogP contribution in [0.5, 0.6) is 0 Å². The largest absolute Gasteiger partial charge is 0.211 e. The molecule has 7 rings (SSSR count). The van der Waals surface area contributed by atoms with Crippen LogP contribution in [0.4, 0.5) is 0 Å². The van der Waals surface area contributed by atoms with Crippen LogP contribution in [0.3, 0.4) is 0 Å². The molecule has 0 radical (unpaired) electrons. The molecule has 0 unspecified atom stereocenters. The van der Waals surface area contributed by atoms with E-state index in [0.29, 0.717) is 0 Å². The van der Waals surface area contributed by atoms with E-state index >= 15 is 0 Å². The maximum absolute atomic E-state index is 3.52. The molecule has 0 atom stereocenters. The molecule has 1 heterocycles. The molecule has 0 aliphatic heterocycles. The molecule has 0 saturated carbocycles. The first-order valence-electron chi connectivity index (χ1n) is 13.4. The number of fused-ring (bicyclic) bond motifs is 6. The van der Waals surface area contributed by atoms with Crippen LogP contribution in [0.1, 0.15) is 37.8 Å². The van der Waals surface area contributed by atoms with Gasteiger partial charge in [0.15, 0.2) is 6.20 Å². The van der Waals surface area contributed by atoms with E-state index in [-0.39, 0.29) is 5.41 Å². The summed E-state index contributed by atoms with van der Waals surface area (Å²) >= 11 is 0. The van der Waals surface area contributed by atoms with Crippen LogP contribution in [0, 0.1) is 0 Å². The zero-order valence-corrected chi connectivity index (χ0v) is 21.4. The number of H-pyrrole nitrogens is 1. The fourth-order valence-corrected chi connectivity index (χ4v) is 6.60. The van der Waals surface area contributed by atoms with Gasteiger partial charge in [-0.2, -0.15) is 0 Å². The maximum atomic E-state index is 3.52. The quantitative estimate of drug-likeness (QED) is 0.225. The van der Waals surface area contributed by atoms with Crippen LogP contribution in [-0.4, -0.2) is 0 Å². The molecule has 1 aliphatic rings. The lowest BCUT2D eigenvalue weighted by Crippen LogP contribution is -2.23. The van der Waals surface area contributed by atoms with Crippen molar-refractivity contribution in [1.29, 1.82) is 0 Å². The second-order valence-corrected chi connectivity index (χ2v) is 10.3. The fraction of sp³-hybridized carbons (Fsp3) is 0.139. The number of benzene rings is 5. The van der Waals surface area contributed by atoms with Gasteiger partial charge in [0.25, 0.3) is 0 Å². The molecule has 6 aromatic rings. The summed E-state index contributed by atoms with van der Waals surface area (Å²) in [5.41, 5.74) is 10.8. The van der Waals surface area contributed by atoms with Crippen LogP contribution >= 0.6 is 0 Å². The monoisotopic (exact) mass is 476 g/mol. The Morgan fingerprint density at radius 3 is 2.05 bits per heavy atom. The second kappa shape index (κ2) is 8.42. The normalized spacial score (nSPS) is 13.6. The Morgan fingerprint density at radius 2 is 1.22 bits per heavy atom. The average molecular weight is 477 g/mol. The zero-order chi connectivity index (χ0) is 25.0. The van der Waals surface area contributed by atoms with Crippen molar-refractivity contribution in [2.75, 3.05) is 0 Å². The van der Waals surface area contributed by atoms with Gasteiger partial charge in [0, 0.05) is 27.8 Å². The Kier molecular flexibility index (Phi) is 5.01. The minimum Gasteiger partial charge on any atom is -0.210 e. The smallest absolute Gasteiger partial charge is 0.210 e. The molecule has 37 heavy (non-hydrogen) atoms. The molecular weight excluding hydrogens is 446 g/mol. The molecule has 1 aliphatic carbocycles. The summed E-state index contributed by atoms with van der Waals surface area (Å²) in [6.45, 7) is 4.67.